The number of hydrogen-bond donors (Lipinski definition) is 2. The second kappa shape index (κ2) is 5.75. The number of amides is 1. The molecule has 0 saturated carbocycles. The first kappa shape index (κ1) is 14.7. The first-order valence-electron chi connectivity index (χ1n) is 7.36. The predicted molar refractivity (Wildman–Crippen MR) is 80.9 cm³/mol. The Morgan fingerprint density at radius 2 is 1.95 bits per heavy atom. The molecule has 108 valence electrons. The lowest BCUT2D eigenvalue weighted by atomic mass is 9.79. The molecule has 3 aliphatic rings. The zero-order valence-electron chi connectivity index (χ0n) is 11.9. The van der Waals surface area contributed by atoms with Crippen LogP contribution in [0.25, 0.3) is 0 Å². The van der Waals surface area contributed by atoms with Gasteiger partial charge in [0.1, 0.15) is 0 Å². The highest BCUT2D eigenvalue weighted by Crippen LogP contribution is 2.31. The molecule has 3 saturated heterocycles. The Morgan fingerprint density at radius 1 is 1.37 bits per heavy atom. The highest BCUT2D eigenvalue weighted by molar-refractivity contribution is 7.80. The van der Waals surface area contributed by atoms with Crippen LogP contribution in [0, 0.1) is 11.3 Å². The van der Waals surface area contributed by atoms with Crippen molar-refractivity contribution in [3.63, 3.8) is 0 Å². The lowest BCUT2D eigenvalue weighted by Crippen LogP contribution is -2.60. The summed E-state index contributed by atoms with van der Waals surface area (Å²) in [5.41, 5.74) is 5.17. The van der Waals surface area contributed by atoms with Crippen molar-refractivity contribution in [3.8, 4) is 0 Å². The van der Waals surface area contributed by atoms with Crippen LogP contribution in [-0.2, 0) is 4.79 Å². The monoisotopic (exact) mass is 283 g/mol. The van der Waals surface area contributed by atoms with E-state index < -0.39 is 5.41 Å². The summed E-state index contributed by atoms with van der Waals surface area (Å²) in [5, 5.41) is 3.23. The topological polar surface area (TPSA) is 58.4 Å². The quantitative estimate of drug-likeness (QED) is 0.747. The van der Waals surface area contributed by atoms with E-state index in [1.54, 1.807) is 0 Å². The molecule has 0 spiro atoms. The molecule has 2 bridgehead atoms. The molecule has 3 heterocycles. The van der Waals surface area contributed by atoms with Gasteiger partial charge in [-0.1, -0.05) is 26.1 Å². The summed E-state index contributed by atoms with van der Waals surface area (Å²) in [6.07, 6.45) is 3.74. The minimum absolute atomic E-state index is 0.0312. The molecule has 19 heavy (non-hydrogen) atoms. The summed E-state index contributed by atoms with van der Waals surface area (Å²) < 4.78 is 0. The summed E-state index contributed by atoms with van der Waals surface area (Å²) in [6, 6.07) is 0.279. The van der Waals surface area contributed by atoms with Gasteiger partial charge < -0.3 is 16.0 Å². The summed E-state index contributed by atoms with van der Waals surface area (Å²) in [4.78, 5) is 15.4. The van der Waals surface area contributed by atoms with Gasteiger partial charge in [0, 0.05) is 12.6 Å². The number of fused-ring (bicyclic) bond motifs is 3. The van der Waals surface area contributed by atoms with E-state index >= 15 is 0 Å². The molecule has 0 aromatic heterocycles. The number of hydrogen-bond acceptors (Lipinski definition) is 3. The smallest absolute Gasteiger partial charge is 0.233 e. The molecule has 1 amide bonds. The summed E-state index contributed by atoms with van der Waals surface area (Å²) in [7, 11) is 0. The van der Waals surface area contributed by atoms with Crippen molar-refractivity contribution in [1.29, 1.82) is 0 Å². The molecule has 4 nitrogen and oxygen atoms in total. The van der Waals surface area contributed by atoms with Crippen LogP contribution >= 0.6 is 12.2 Å². The molecule has 1 atom stereocenters. The van der Waals surface area contributed by atoms with Crippen LogP contribution < -0.4 is 11.1 Å². The van der Waals surface area contributed by atoms with Gasteiger partial charge in [-0.05, 0) is 44.7 Å². The normalized spacial score (nSPS) is 30.1. The molecule has 3 aliphatic heterocycles. The van der Waals surface area contributed by atoms with Gasteiger partial charge in [-0.15, -0.1) is 0 Å². The fourth-order valence-electron chi connectivity index (χ4n) is 3.47. The van der Waals surface area contributed by atoms with E-state index in [2.05, 4.69) is 10.2 Å². The van der Waals surface area contributed by atoms with E-state index in [1.807, 2.05) is 13.8 Å². The van der Waals surface area contributed by atoms with Crippen LogP contribution in [0.1, 0.15) is 39.5 Å². The van der Waals surface area contributed by atoms with Gasteiger partial charge in [0.25, 0.3) is 0 Å². The van der Waals surface area contributed by atoms with Crippen LogP contribution in [-0.4, -0.2) is 41.5 Å². The fourth-order valence-corrected chi connectivity index (χ4v) is 3.85. The summed E-state index contributed by atoms with van der Waals surface area (Å²) in [6.45, 7) is 7.31. The molecule has 3 N–H and O–H groups in total. The molecular weight excluding hydrogens is 258 g/mol. The van der Waals surface area contributed by atoms with Gasteiger partial charge >= 0.3 is 0 Å². The minimum atomic E-state index is -0.665. The number of carbonyl (C=O) groups is 1. The van der Waals surface area contributed by atoms with Crippen LogP contribution in [0.2, 0.25) is 0 Å². The highest BCUT2D eigenvalue weighted by atomic mass is 32.1. The van der Waals surface area contributed by atoms with Crippen molar-refractivity contribution >= 4 is 23.1 Å². The van der Waals surface area contributed by atoms with Crippen molar-refractivity contribution in [2.75, 3.05) is 19.6 Å². The number of piperidine rings is 3. The zero-order chi connectivity index (χ0) is 14.0. The Morgan fingerprint density at radius 3 is 2.32 bits per heavy atom. The van der Waals surface area contributed by atoms with E-state index in [1.165, 1.54) is 25.9 Å². The van der Waals surface area contributed by atoms with E-state index in [-0.39, 0.29) is 11.9 Å². The maximum atomic E-state index is 12.6. The van der Waals surface area contributed by atoms with E-state index in [0.29, 0.717) is 23.7 Å². The van der Waals surface area contributed by atoms with Crippen molar-refractivity contribution < 1.29 is 4.79 Å². The SMILES string of the molecule is CCC(CC)(C(=O)NC1CN2CCC1CC2)C(N)=S. The van der Waals surface area contributed by atoms with Gasteiger partial charge in [-0.25, -0.2) is 0 Å². The molecule has 0 radical (unpaired) electrons. The Hall–Kier alpha value is -0.680. The van der Waals surface area contributed by atoms with Crippen molar-refractivity contribution in [2.24, 2.45) is 17.1 Å². The molecule has 0 aromatic rings. The number of rotatable bonds is 5. The molecule has 0 aliphatic carbocycles. The number of nitrogens with one attached hydrogen (secondary N) is 1. The Bertz CT molecular complexity index is 360. The van der Waals surface area contributed by atoms with E-state index in [4.69, 9.17) is 18.0 Å². The van der Waals surface area contributed by atoms with Crippen molar-refractivity contribution in [2.45, 2.75) is 45.6 Å². The Labute approximate surface area is 121 Å². The van der Waals surface area contributed by atoms with Crippen LogP contribution in [0.4, 0.5) is 0 Å². The fraction of sp³-hybridized carbons (Fsp3) is 0.857. The second-order valence-electron chi connectivity index (χ2n) is 5.87. The molecular formula is C14H25N3OS. The standard InChI is InChI=1S/C14H25N3OS/c1-3-14(4-2,12(15)19)13(18)16-11-9-17-7-5-10(11)6-8-17/h10-11H,3-9H2,1-2H3,(H2,15,19)(H,16,18). The third-order valence-corrected chi connectivity index (χ3v) is 5.48. The number of nitrogens with two attached hydrogens (primary N) is 1. The maximum absolute atomic E-state index is 12.6. The molecule has 0 aromatic carbocycles. The zero-order valence-corrected chi connectivity index (χ0v) is 12.8. The largest absolute Gasteiger partial charge is 0.392 e. The van der Waals surface area contributed by atoms with Gasteiger partial charge in [0.15, 0.2) is 0 Å². The molecule has 3 fully saturated rings. The molecule has 1 unspecified atom stereocenters. The third kappa shape index (κ3) is 2.63. The van der Waals surface area contributed by atoms with Crippen LogP contribution in [0.15, 0.2) is 0 Å². The Kier molecular flexibility index (Phi) is 4.46. The highest BCUT2D eigenvalue weighted by Gasteiger charge is 2.42. The maximum Gasteiger partial charge on any atom is 0.233 e. The summed E-state index contributed by atoms with van der Waals surface area (Å²) >= 11 is 5.14. The van der Waals surface area contributed by atoms with Gasteiger partial charge in [0.2, 0.25) is 5.91 Å². The number of thiocarbonyl (C=S) groups is 1. The second-order valence-corrected chi connectivity index (χ2v) is 6.31. The summed E-state index contributed by atoms with van der Waals surface area (Å²) in [5.74, 6) is 0.662. The van der Waals surface area contributed by atoms with Gasteiger partial charge in [0.05, 0.1) is 10.4 Å². The molecule has 5 heteroatoms. The van der Waals surface area contributed by atoms with E-state index in [9.17, 15) is 4.79 Å². The number of carbonyl (C=O) groups excluding carboxylic acids is 1. The minimum Gasteiger partial charge on any atom is -0.392 e. The average molecular weight is 283 g/mol. The predicted octanol–water partition coefficient (Wildman–Crippen LogP) is 1.29. The van der Waals surface area contributed by atoms with Crippen molar-refractivity contribution in [3.05, 3.63) is 0 Å². The lowest BCUT2D eigenvalue weighted by Gasteiger charge is -2.46. The van der Waals surface area contributed by atoms with Crippen molar-refractivity contribution in [1.82, 2.24) is 10.2 Å². The average Bonchev–Trinajstić information content (AvgIpc) is 2.41. The van der Waals surface area contributed by atoms with Gasteiger partial charge in [-0.3, -0.25) is 4.79 Å². The first-order valence-corrected chi connectivity index (χ1v) is 7.77. The van der Waals surface area contributed by atoms with Crippen LogP contribution in [0.5, 0.6) is 0 Å². The van der Waals surface area contributed by atoms with Crippen LogP contribution in [0.3, 0.4) is 0 Å². The lowest BCUT2D eigenvalue weighted by molar-refractivity contribution is -0.130. The first-order chi connectivity index (χ1) is 9.03. The van der Waals surface area contributed by atoms with E-state index in [0.717, 1.165) is 6.54 Å². The number of nitrogens with zero attached hydrogens (tertiary/aromatic N) is 1. The van der Waals surface area contributed by atoms with Gasteiger partial charge in [-0.2, -0.15) is 0 Å². The third-order valence-electron chi connectivity index (χ3n) is 5.09. The molecule has 3 rings (SSSR count). The Balaban J connectivity index is 2.05.